The molecule has 0 rings (SSSR count). The lowest BCUT2D eigenvalue weighted by Crippen LogP contribution is -2.38. The molecule has 0 bridgehead atoms. The molecule has 0 radical (unpaired) electrons. The van der Waals surface area contributed by atoms with Crippen LogP contribution in [-0.2, 0) is 15.0 Å². The molecule has 0 fully saturated rings. The van der Waals surface area contributed by atoms with Crippen LogP contribution in [0.5, 0.6) is 0 Å². The van der Waals surface area contributed by atoms with Crippen LogP contribution in [-0.4, -0.2) is 32.6 Å². The normalized spacial score (nSPS) is 13.9. The average molecular weight is 266 g/mol. The van der Waals surface area contributed by atoms with Crippen LogP contribution in [0.2, 0.25) is 0 Å². The minimum atomic E-state index is -3.44. The van der Waals surface area contributed by atoms with Crippen molar-refractivity contribution in [3.05, 3.63) is 0 Å². The molecule has 6 nitrogen and oxygen atoms in total. The topological polar surface area (TPSA) is 95.5 Å². The van der Waals surface area contributed by atoms with Crippen LogP contribution in [0.15, 0.2) is 0 Å². The Morgan fingerprint density at radius 1 is 1.24 bits per heavy atom. The number of hydrogen-bond donors (Lipinski definition) is 3. The van der Waals surface area contributed by atoms with Gasteiger partial charge in [-0.25, -0.2) is 9.44 Å². The first-order valence-electron chi connectivity index (χ1n) is 5.71. The van der Waals surface area contributed by atoms with Gasteiger partial charge in [0.1, 0.15) is 0 Å². The molecule has 0 aliphatic heterocycles. The molecular weight excluding hydrogens is 244 g/mol. The van der Waals surface area contributed by atoms with Gasteiger partial charge in [-0.2, -0.15) is 8.42 Å². The summed E-state index contributed by atoms with van der Waals surface area (Å²) in [4.78, 5) is 10.5. The van der Waals surface area contributed by atoms with E-state index in [1.807, 2.05) is 13.8 Å². The predicted molar refractivity (Wildman–Crippen MR) is 65.8 cm³/mol. The second-order valence-corrected chi connectivity index (χ2v) is 6.11. The maximum atomic E-state index is 11.4. The van der Waals surface area contributed by atoms with Crippen molar-refractivity contribution in [3.8, 4) is 0 Å². The van der Waals surface area contributed by atoms with Gasteiger partial charge in [0.05, 0.1) is 5.92 Å². The van der Waals surface area contributed by atoms with Gasteiger partial charge in [0.15, 0.2) is 0 Å². The second kappa shape index (κ2) is 7.62. The second-order valence-electron chi connectivity index (χ2n) is 4.52. The molecular formula is C10H22N2O4S. The summed E-state index contributed by atoms with van der Waals surface area (Å²) < 4.78 is 27.5. The number of hydrogen-bond acceptors (Lipinski definition) is 3. The Hall–Kier alpha value is -0.660. The van der Waals surface area contributed by atoms with Gasteiger partial charge in [0, 0.05) is 13.1 Å². The Kier molecular flexibility index (Phi) is 7.33. The van der Waals surface area contributed by atoms with Gasteiger partial charge in [-0.15, -0.1) is 0 Å². The molecule has 3 N–H and O–H groups in total. The van der Waals surface area contributed by atoms with E-state index in [1.165, 1.54) is 0 Å². The van der Waals surface area contributed by atoms with E-state index in [9.17, 15) is 13.2 Å². The first kappa shape index (κ1) is 16.3. The van der Waals surface area contributed by atoms with E-state index in [0.717, 1.165) is 0 Å². The largest absolute Gasteiger partial charge is 0.481 e. The van der Waals surface area contributed by atoms with Gasteiger partial charge in [0.25, 0.3) is 10.2 Å². The highest BCUT2D eigenvalue weighted by atomic mass is 32.2. The summed E-state index contributed by atoms with van der Waals surface area (Å²) in [6, 6.07) is 0. The third-order valence-electron chi connectivity index (χ3n) is 2.21. The van der Waals surface area contributed by atoms with Crippen molar-refractivity contribution in [1.29, 1.82) is 0 Å². The van der Waals surface area contributed by atoms with E-state index >= 15 is 0 Å². The lowest BCUT2D eigenvalue weighted by molar-refractivity contribution is -0.141. The number of aliphatic carboxylic acids is 1. The van der Waals surface area contributed by atoms with Gasteiger partial charge in [0.2, 0.25) is 0 Å². The number of carbonyl (C=O) groups is 1. The molecule has 7 heteroatoms. The summed E-state index contributed by atoms with van der Waals surface area (Å²) in [7, 11) is -3.44. The van der Waals surface area contributed by atoms with E-state index in [0.29, 0.717) is 19.4 Å². The first-order chi connectivity index (χ1) is 7.74. The number of nitrogens with one attached hydrogen (secondary N) is 2. The summed E-state index contributed by atoms with van der Waals surface area (Å²) >= 11 is 0. The molecule has 0 aromatic heterocycles. The Bertz CT molecular complexity index is 327. The minimum Gasteiger partial charge on any atom is -0.481 e. The molecule has 0 aliphatic rings. The predicted octanol–water partition coefficient (Wildman–Crippen LogP) is 0.567. The van der Waals surface area contributed by atoms with Crippen molar-refractivity contribution in [1.82, 2.24) is 9.44 Å². The Morgan fingerprint density at radius 2 is 1.82 bits per heavy atom. The van der Waals surface area contributed by atoms with Crippen LogP contribution in [0.4, 0.5) is 0 Å². The van der Waals surface area contributed by atoms with Crippen molar-refractivity contribution in [2.45, 2.75) is 33.6 Å². The zero-order valence-corrected chi connectivity index (χ0v) is 11.4. The van der Waals surface area contributed by atoms with Crippen LogP contribution < -0.4 is 9.44 Å². The standard InChI is InChI=1S/C10H22N2O4S/c1-8(2)7-12-17(15,16)11-6-4-5-9(3)10(13)14/h8-9,11-12H,4-7H2,1-3H3,(H,13,14). The Morgan fingerprint density at radius 3 is 2.29 bits per heavy atom. The van der Waals surface area contributed by atoms with Gasteiger partial charge in [-0.3, -0.25) is 4.79 Å². The lowest BCUT2D eigenvalue weighted by atomic mass is 10.1. The van der Waals surface area contributed by atoms with Crippen LogP contribution in [0.1, 0.15) is 33.6 Å². The monoisotopic (exact) mass is 266 g/mol. The van der Waals surface area contributed by atoms with Crippen molar-refractivity contribution in [2.75, 3.05) is 13.1 Å². The van der Waals surface area contributed by atoms with Crippen LogP contribution >= 0.6 is 0 Å². The number of carboxylic acid groups (broad SMARTS) is 1. The van der Waals surface area contributed by atoms with Crippen molar-refractivity contribution in [3.63, 3.8) is 0 Å². The van der Waals surface area contributed by atoms with Gasteiger partial charge in [-0.1, -0.05) is 20.8 Å². The third kappa shape index (κ3) is 9.08. The van der Waals surface area contributed by atoms with E-state index in [-0.39, 0.29) is 12.5 Å². The molecule has 17 heavy (non-hydrogen) atoms. The number of carboxylic acids is 1. The maximum Gasteiger partial charge on any atom is 0.306 e. The SMILES string of the molecule is CC(C)CNS(=O)(=O)NCCCC(C)C(=O)O. The van der Waals surface area contributed by atoms with Crippen LogP contribution in [0.25, 0.3) is 0 Å². The molecule has 0 aliphatic carbocycles. The highest BCUT2D eigenvalue weighted by molar-refractivity contribution is 7.87. The van der Waals surface area contributed by atoms with E-state index in [4.69, 9.17) is 5.11 Å². The van der Waals surface area contributed by atoms with Crippen LogP contribution in [0.3, 0.4) is 0 Å². The Balaban J connectivity index is 3.77. The maximum absolute atomic E-state index is 11.4. The van der Waals surface area contributed by atoms with Crippen molar-refractivity contribution < 1.29 is 18.3 Å². The third-order valence-corrected chi connectivity index (χ3v) is 3.34. The summed E-state index contributed by atoms with van der Waals surface area (Å²) in [5.41, 5.74) is 0. The van der Waals surface area contributed by atoms with E-state index in [2.05, 4.69) is 9.44 Å². The minimum absolute atomic E-state index is 0.249. The molecule has 1 atom stereocenters. The summed E-state index contributed by atoms with van der Waals surface area (Å²) in [6.45, 7) is 6.08. The van der Waals surface area contributed by atoms with Crippen molar-refractivity contribution in [2.24, 2.45) is 11.8 Å². The molecule has 0 saturated carbocycles. The van der Waals surface area contributed by atoms with Gasteiger partial charge >= 0.3 is 5.97 Å². The summed E-state index contributed by atoms with van der Waals surface area (Å²) in [5, 5.41) is 8.64. The molecule has 0 spiro atoms. The van der Waals surface area contributed by atoms with E-state index < -0.39 is 22.1 Å². The molecule has 1 unspecified atom stereocenters. The molecule has 0 amide bonds. The van der Waals surface area contributed by atoms with Gasteiger partial charge < -0.3 is 5.11 Å². The molecule has 0 heterocycles. The fourth-order valence-corrected chi connectivity index (χ4v) is 2.13. The number of rotatable bonds is 9. The summed E-state index contributed by atoms with van der Waals surface area (Å²) in [6.07, 6.45) is 0.970. The van der Waals surface area contributed by atoms with Crippen LogP contribution in [0, 0.1) is 11.8 Å². The highest BCUT2D eigenvalue weighted by Gasteiger charge is 2.12. The quantitative estimate of drug-likeness (QED) is 0.532. The zero-order valence-electron chi connectivity index (χ0n) is 10.6. The zero-order chi connectivity index (χ0) is 13.5. The fraction of sp³-hybridized carbons (Fsp3) is 0.900. The molecule has 0 saturated heterocycles. The first-order valence-corrected chi connectivity index (χ1v) is 7.20. The Labute approximate surface area is 103 Å². The van der Waals surface area contributed by atoms with Crippen molar-refractivity contribution >= 4 is 16.2 Å². The molecule has 0 aromatic rings. The lowest BCUT2D eigenvalue weighted by Gasteiger charge is -2.10. The molecule has 0 aromatic carbocycles. The van der Waals surface area contributed by atoms with E-state index in [1.54, 1.807) is 6.92 Å². The average Bonchev–Trinajstić information content (AvgIpc) is 2.21. The smallest absolute Gasteiger partial charge is 0.306 e. The highest BCUT2D eigenvalue weighted by Crippen LogP contribution is 2.04. The molecule has 102 valence electrons. The summed E-state index contributed by atoms with van der Waals surface area (Å²) in [5.74, 6) is -1.05. The van der Waals surface area contributed by atoms with Gasteiger partial charge in [-0.05, 0) is 18.8 Å². The fourth-order valence-electron chi connectivity index (χ4n) is 1.07.